The monoisotopic (exact) mass is 141 g/mol. The molecule has 0 aliphatic heterocycles. The Morgan fingerprint density at radius 2 is 2.22 bits per heavy atom. The molecule has 0 atom stereocenters. The number of hydroxylamine groups is 1. The number of unbranched alkanes of at least 4 members (excludes halogenated alkanes) is 1. The molecule has 0 aliphatic carbocycles. The van der Waals surface area contributed by atoms with Gasteiger partial charge in [0, 0.05) is 36.0 Å². The topological polar surface area (TPSA) is 58.7 Å². The second kappa shape index (κ2) is 8.20. The molecule has 9 heavy (non-hydrogen) atoms. The van der Waals surface area contributed by atoms with Crippen LogP contribution < -0.4 is 0 Å². The van der Waals surface area contributed by atoms with Crippen LogP contribution in [-0.4, -0.2) is 46.2 Å². The summed E-state index contributed by atoms with van der Waals surface area (Å²) in [6.07, 6.45) is 1.71. The fourth-order valence-corrected chi connectivity index (χ4v) is 0.338. The van der Waals surface area contributed by atoms with Crippen molar-refractivity contribution in [3.63, 3.8) is 0 Å². The van der Waals surface area contributed by atoms with E-state index in [1.54, 1.807) is 0 Å². The van der Waals surface area contributed by atoms with Crippen LogP contribution in [0.1, 0.15) is 19.8 Å². The molecule has 0 heterocycles. The van der Waals surface area contributed by atoms with Crippen molar-refractivity contribution in [2.45, 2.75) is 19.8 Å². The largest absolute Gasteiger partial charge is 0.597 e. The smallest absolute Gasteiger partial charge is 0.197 e. The maximum Gasteiger partial charge on any atom is 0.197 e. The molecule has 1 N–H and O–H groups in total. The van der Waals surface area contributed by atoms with Crippen LogP contribution in [-0.2, 0) is 0 Å². The van der Waals surface area contributed by atoms with Crippen molar-refractivity contribution in [1.82, 2.24) is 0 Å². The molecular weight excluding hydrogens is 131 g/mol. The van der Waals surface area contributed by atoms with E-state index in [9.17, 15) is 5.21 Å². The van der Waals surface area contributed by atoms with Crippen molar-refractivity contribution in [1.29, 1.82) is 0 Å². The number of rotatable bonds is 3. The van der Waals surface area contributed by atoms with Crippen LogP contribution in [0.3, 0.4) is 0 Å². The summed E-state index contributed by atoms with van der Waals surface area (Å²) in [6, 6.07) is 0. The molecule has 0 unspecified atom stereocenters. The van der Waals surface area contributed by atoms with Crippen molar-refractivity contribution < 1.29 is 10.1 Å². The van der Waals surface area contributed by atoms with E-state index in [2.05, 4.69) is 5.28 Å². The Balaban J connectivity index is 0. The average molecular weight is 141 g/mol. The van der Waals surface area contributed by atoms with Crippen LogP contribution in [0.2, 0.25) is 0 Å². The number of hydrogen-bond donors (Lipinski definition) is 1. The summed E-state index contributed by atoms with van der Waals surface area (Å²) < 4.78 is 0. The molecule has 0 aromatic carbocycles. The molecule has 4 nitrogen and oxygen atoms in total. The molecule has 0 rings (SSSR count). The van der Waals surface area contributed by atoms with Gasteiger partial charge >= 0.3 is 0 Å². The molecule has 49 valence electrons. The van der Waals surface area contributed by atoms with Gasteiger partial charge in [-0.1, -0.05) is 18.2 Å². The molecule has 0 saturated heterocycles. The second-order valence-corrected chi connectivity index (χ2v) is 1.52. The maximum atomic E-state index is 10.1. The molecule has 0 spiro atoms. The van der Waals surface area contributed by atoms with Gasteiger partial charge in [-0.05, 0) is 0 Å². The van der Waals surface area contributed by atoms with Crippen LogP contribution in [0.25, 0.3) is 0 Å². The first-order valence-electron chi connectivity index (χ1n) is 2.61. The molecule has 0 saturated carbocycles. The summed E-state index contributed by atoms with van der Waals surface area (Å²) in [5.41, 5.74) is 0. The Kier molecular flexibility index (Phi) is 10.9. The van der Waals surface area contributed by atoms with E-state index >= 15 is 0 Å². The third-order valence-corrected chi connectivity index (χ3v) is 0.803. The molecule has 0 fully saturated rings. The van der Waals surface area contributed by atoms with Gasteiger partial charge in [-0.25, -0.2) is 0 Å². The Morgan fingerprint density at radius 1 is 1.67 bits per heavy atom. The molecule has 0 aliphatic rings. The van der Waals surface area contributed by atoms with Crippen molar-refractivity contribution >= 4 is 29.6 Å². The van der Waals surface area contributed by atoms with Crippen LogP contribution in [0.15, 0.2) is 5.28 Å². The fraction of sp³-hybridized carbons (Fsp3) is 1.00. The van der Waals surface area contributed by atoms with Gasteiger partial charge in [-0.3, -0.25) is 0 Å². The predicted octanol–water partition coefficient (Wildman–Crippen LogP) is 0.757. The summed E-state index contributed by atoms with van der Waals surface area (Å²) in [5.74, 6) is 0. The van der Waals surface area contributed by atoms with Gasteiger partial charge in [0.1, 0.15) is 0 Å². The molecular formula is C4H10N2NaO2. The van der Waals surface area contributed by atoms with E-state index in [4.69, 9.17) is 5.21 Å². The third-order valence-electron chi connectivity index (χ3n) is 0.803. The fourth-order valence-electron chi connectivity index (χ4n) is 0.338. The minimum atomic E-state index is 0. The Labute approximate surface area is 76.4 Å². The van der Waals surface area contributed by atoms with Gasteiger partial charge in [0.2, 0.25) is 0 Å². The van der Waals surface area contributed by atoms with Crippen LogP contribution in [0, 0.1) is 5.21 Å². The molecule has 1 radical (unpaired) electrons. The van der Waals surface area contributed by atoms with Crippen molar-refractivity contribution in [3.05, 3.63) is 5.21 Å². The molecule has 0 aromatic heterocycles. The first kappa shape index (κ1) is 11.9. The Hall–Kier alpha value is 0.200. The van der Waals surface area contributed by atoms with E-state index in [-0.39, 0.29) is 41.0 Å². The van der Waals surface area contributed by atoms with Crippen molar-refractivity contribution in [2.75, 3.05) is 6.54 Å². The third kappa shape index (κ3) is 8.20. The average Bonchev–Trinajstić information content (AvgIpc) is 1.83. The molecule has 0 bridgehead atoms. The van der Waals surface area contributed by atoms with Crippen molar-refractivity contribution in [2.24, 2.45) is 5.28 Å². The van der Waals surface area contributed by atoms with Gasteiger partial charge in [-0.15, -0.1) is 0 Å². The first-order valence-corrected chi connectivity index (χ1v) is 2.61. The summed E-state index contributed by atoms with van der Waals surface area (Å²) >= 11 is 0. The maximum absolute atomic E-state index is 10.1. The van der Waals surface area contributed by atoms with E-state index in [0.717, 1.165) is 12.8 Å². The molecule has 0 aromatic rings. The minimum absolute atomic E-state index is 0. The number of hydrogen-bond acceptors (Lipinski definition) is 2. The van der Waals surface area contributed by atoms with Gasteiger partial charge in [0.25, 0.3) is 0 Å². The predicted molar refractivity (Wildman–Crippen MR) is 33.4 cm³/mol. The normalized spacial score (nSPS) is 10.6. The van der Waals surface area contributed by atoms with E-state index in [1.807, 2.05) is 6.92 Å². The summed E-state index contributed by atoms with van der Waals surface area (Å²) in [5, 5.41) is 20.3. The van der Waals surface area contributed by atoms with Gasteiger partial charge in [-0.2, -0.15) is 0 Å². The number of nitrogens with zero attached hydrogens (tertiary/aromatic N) is 2. The Morgan fingerprint density at radius 3 is 2.56 bits per heavy atom. The zero-order chi connectivity index (χ0) is 6.41. The molecule has 0 amide bonds. The standard InChI is InChI=1S/C4H10N2O2.Na/c1-2-3-4-6(8)5-7;/h7H,2-4H2,1H3;/b6-5-;. The zero-order valence-electron chi connectivity index (χ0n) is 5.87. The van der Waals surface area contributed by atoms with Crippen molar-refractivity contribution in [3.8, 4) is 0 Å². The van der Waals surface area contributed by atoms with Crippen LogP contribution >= 0.6 is 0 Å². The SMILES string of the molecule is CCCC/[N+]([O-])=N/O.[Na]. The van der Waals surface area contributed by atoms with Gasteiger partial charge in [0.15, 0.2) is 11.8 Å². The zero-order valence-corrected chi connectivity index (χ0v) is 7.87. The van der Waals surface area contributed by atoms with E-state index in [0.29, 0.717) is 0 Å². The van der Waals surface area contributed by atoms with E-state index < -0.39 is 0 Å². The molecule has 5 heteroatoms. The summed E-state index contributed by atoms with van der Waals surface area (Å²) in [6.45, 7) is 2.25. The van der Waals surface area contributed by atoms with E-state index in [1.165, 1.54) is 0 Å². The minimum Gasteiger partial charge on any atom is -0.597 e. The first-order chi connectivity index (χ1) is 3.81. The second-order valence-electron chi connectivity index (χ2n) is 1.52. The van der Waals surface area contributed by atoms with Gasteiger partial charge < -0.3 is 10.4 Å². The van der Waals surface area contributed by atoms with Crippen LogP contribution in [0.4, 0.5) is 0 Å². The van der Waals surface area contributed by atoms with Gasteiger partial charge in [0.05, 0.1) is 0 Å². The summed E-state index contributed by atoms with van der Waals surface area (Å²) in [4.78, 5) is 0.267. The Bertz CT molecular complexity index is 86.6. The van der Waals surface area contributed by atoms with Crippen LogP contribution in [0.5, 0.6) is 0 Å². The summed E-state index contributed by atoms with van der Waals surface area (Å²) in [7, 11) is 0. The quantitative estimate of drug-likeness (QED) is 0.273.